The Bertz CT molecular complexity index is 406. The number of furan rings is 1. The van der Waals surface area contributed by atoms with E-state index < -0.39 is 0 Å². The lowest BCUT2D eigenvalue weighted by molar-refractivity contribution is -0.137. The lowest BCUT2D eigenvalue weighted by Crippen LogP contribution is -2.41. The number of amides is 1. The Labute approximate surface area is 108 Å². The van der Waals surface area contributed by atoms with Crippen molar-refractivity contribution in [2.24, 2.45) is 5.92 Å². The molecule has 100 valence electrons. The van der Waals surface area contributed by atoms with Crippen LogP contribution in [0.5, 0.6) is 0 Å². The van der Waals surface area contributed by atoms with Gasteiger partial charge in [-0.1, -0.05) is 0 Å². The Morgan fingerprint density at radius 1 is 1.56 bits per heavy atom. The summed E-state index contributed by atoms with van der Waals surface area (Å²) in [5.41, 5.74) is 0. The zero-order valence-corrected chi connectivity index (χ0v) is 11.4. The molecule has 1 aliphatic heterocycles. The van der Waals surface area contributed by atoms with E-state index in [4.69, 9.17) is 4.42 Å². The van der Waals surface area contributed by atoms with Crippen LogP contribution in [0.1, 0.15) is 31.8 Å². The second-order valence-corrected chi connectivity index (χ2v) is 5.26. The Hall–Kier alpha value is -1.29. The van der Waals surface area contributed by atoms with Crippen LogP contribution in [0.25, 0.3) is 0 Å². The van der Waals surface area contributed by atoms with Crippen molar-refractivity contribution in [1.82, 2.24) is 10.2 Å². The van der Waals surface area contributed by atoms with Gasteiger partial charge in [-0.3, -0.25) is 4.79 Å². The van der Waals surface area contributed by atoms with Gasteiger partial charge in [-0.05, 0) is 45.9 Å². The largest absolute Gasteiger partial charge is 0.464 e. The van der Waals surface area contributed by atoms with E-state index in [0.717, 1.165) is 31.0 Å². The maximum Gasteiger partial charge on any atom is 0.227 e. The number of nitrogens with one attached hydrogen (secondary N) is 1. The highest BCUT2D eigenvalue weighted by Crippen LogP contribution is 2.18. The van der Waals surface area contributed by atoms with Gasteiger partial charge in [0.15, 0.2) is 0 Å². The van der Waals surface area contributed by atoms with Crippen molar-refractivity contribution in [2.75, 3.05) is 13.1 Å². The molecule has 1 atom stereocenters. The summed E-state index contributed by atoms with van der Waals surface area (Å²) in [5.74, 6) is 2.12. The van der Waals surface area contributed by atoms with Gasteiger partial charge in [0.25, 0.3) is 0 Å². The molecule has 1 fully saturated rings. The molecule has 4 heteroatoms. The van der Waals surface area contributed by atoms with Crippen molar-refractivity contribution in [2.45, 2.75) is 39.8 Å². The van der Waals surface area contributed by atoms with Gasteiger partial charge in [-0.15, -0.1) is 0 Å². The summed E-state index contributed by atoms with van der Waals surface area (Å²) >= 11 is 0. The predicted octanol–water partition coefficient (Wildman–Crippen LogP) is 1.93. The fourth-order valence-electron chi connectivity index (χ4n) is 2.35. The summed E-state index contributed by atoms with van der Waals surface area (Å²) in [4.78, 5) is 14.4. The van der Waals surface area contributed by atoms with E-state index in [1.807, 2.05) is 24.0 Å². The second-order valence-electron chi connectivity index (χ2n) is 5.26. The molecule has 1 unspecified atom stereocenters. The number of nitrogens with zero attached hydrogens (tertiary/aromatic N) is 1. The fraction of sp³-hybridized carbons (Fsp3) is 0.643. The van der Waals surface area contributed by atoms with Crippen LogP contribution >= 0.6 is 0 Å². The van der Waals surface area contributed by atoms with E-state index in [-0.39, 0.29) is 17.9 Å². The summed E-state index contributed by atoms with van der Waals surface area (Å²) in [6.45, 7) is 8.35. The average Bonchev–Trinajstić information content (AvgIpc) is 2.95. The average molecular weight is 250 g/mol. The predicted molar refractivity (Wildman–Crippen MR) is 70.1 cm³/mol. The molecule has 1 aromatic rings. The number of hydrogen-bond acceptors (Lipinski definition) is 3. The minimum absolute atomic E-state index is 0.128. The van der Waals surface area contributed by atoms with E-state index in [9.17, 15) is 4.79 Å². The van der Waals surface area contributed by atoms with Crippen molar-refractivity contribution in [3.63, 3.8) is 0 Å². The molecular formula is C14H22N2O2. The van der Waals surface area contributed by atoms with E-state index >= 15 is 0 Å². The van der Waals surface area contributed by atoms with E-state index in [2.05, 4.69) is 19.2 Å². The maximum atomic E-state index is 12.4. The minimum Gasteiger partial charge on any atom is -0.464 e. The molecule has 0 aromatic carbocycles. The van der Waals surface area contributed by atoms with Gasteiger partial charge in [0.05, 0.1) is 12.5 Å². The van der Waals surface area contributed by atoms with Crippen LogP contribution < -0.4 is 5.32 Å². The monoisotopic (exact) mass is 250 g/mol. The molecule has 1 aliphatic rings. The Morgan fingerprint density at radius 2 is 2.33 bits per heavy atom. The molecule has 4 nitrogen and oxygen atoms in total. The van der Waals surface area contributed by atoms with Crippen molar-refractivity contribution in [1.29, 1.82) is 0 Å². The third kappa shape index (κ3) is 2.93. The van der Waals surface area contributed by atoms with Crippen molar-refractivity contribution < 1.29 is 9.21 Å². The van der Waals surface area contributed by atoms with E-state index in [1.54, 1.807) is 0 Å². The number of aryl methyl sites for hydroxylation is 1. The van der Waals surface area contributed by atoms with Crippen LogP contribution in [0, 0.1) is 12.8 Å². The molecule has 0 aliphatic carbocycles. The zero-order valence-electron chi connectivity index (χ0n) is 11.4. The van der Waals surface area contributed by atoms with Crippen LogP contribution in [-0.4, -0.2) is 29.9 Å². The maximum absolute atomic E-state index is 12.4. The van der Waals surface area contributed by atoms with Crippen molar-refractivity contribution in [3.05, 3.63) is 23.7 Å². The molecular weight excluding hydrogens is 228 g/mol. The van der Waals surface area contributed by atoms with E-state index in [0.29, 0.717) is 6.54 Å². The normalized spacial score (nSPS) is 19.4. The molecule has 0 spiro atoms. The van der Waals surface area contributed by atoms with Crippen molar-refractivity contribution >= 4 is 5.91 Å². The summed E-state index contributed by atoms with van der Waals surface area (Å²) in [7, 11) is 0. The van der Waals surface area contributed by atoms with Gasteiger partial charge in [-0.2, -0.15) is 0 Å². The third-order valence-electron chi connectivity index (χ3n) is 3.44. The molecule has 0 bridgehead atoms. The van der Waals surface area contributed by atoms with Crippen LogP contribution in [0.15, 0.2) is 16.5 Å². The molecule has 1 aromatic heterocycles. The Morgan fingerprint density at radius 3 is 2.83 bits per heavy atom. The smallest absolute Gasteiger partial charge is 0.227 e. The first kappa shape index (κ1) is 13.1. The van der Waals surface area contributed by atoms with Crippen LogP contribution in [-0.2, 0) is 11.3 Å². The Kier molecular flexibility index (Phi) is 4.07. The van der Waals surface area contributed by atoms with Gasteiger partial charge >= 0.3 is 0 Å². The highest BCUT2D eigenvalue weighted by molar-refractivity contribution is 5.79. The lowest BCUT2D eigenvalue weighted by Gasteiger charge is -2.28. The number of carbonyl (C=O) groups is 1. The molecule has 1 N–H and O–H groups in total. The van der Waals surface area contributed by atoms with Gasteiger partial charge in [0.2, 0.25) is 5.91 Å². The zero-order chi connectivity index (χ0) is 13.1. The second kappa shape index (κ2) is 5.57. The molecule has 1 amide bonds. The molecule has 2 heterocycles. The lowest BCUT2D eigenvalue weighted by atomic mass is 10.1. The molecule has 0 saturated carbocycles. The third-order valence-corrected chi connectivity index (χ3v) is 3.44. The molecule has 1 saturated heterocycles. The molecule has 0 radical (unpaired) electrons. The SMILES string of the molecule is Cc1ccc(CN(C(=O)C2CCNC2)C(C)C)o1. The minimum atomic E-state index is 0.128. The first-order chi connectivity index (χ1) is 8.58. The first-order valence-corrected chi connectivity index (χ1v) is 6.64. The van der Waals surface area contributed by atoms with Crippen molar-refractivity contribution in [3.8, 4) is 0 Å². The summed E-state index contributed by atoms with van der Waals surface area (Å²) in [6.07, 6.45) is 0.944. The van der Waals surface area contributed by atoms with Gasteiger partial charge in [0.1, 0.15) is 11.5 Å². The summed E-state index contributed by atoms with van der Waals surface area (Å²) in [5, 5.41) is 3.24. The molecule has 2 rings (SSSR count). The van der Waals surface area contributed by atoms with Gasteiger partial charge < -0.3 is 14.6 Å². The van der Waals surface area contributed by atoms with Crippen LogP contribution in [0.2, 0.25) is 0 Å². The number of rotatable bonds is 4. The topological polar surface area (TPSA) is 45.5 Å². The number of carbonyl (C=O) groups excluding carboxylic acids is 1. The quantitative estimate of drug-likeness (QED) is 0.888. The fourth-order valence-corrected chi connectivity index (χ4v) is 2.35. The summed E-state index contributed by atoms with van der Waals surface area (Å²) in [6, 6.07) is 4.09. The van der Waals surface area contributed by atoms with Gasteiger partial charge in [0, 0.05) is 12.6 Å². The standard InChI is InChI=1S/C14H22N2O2/c1-10(2)16(9-13-5-4-11(3)18-13)14(17)12-6-7-15-8-12/h4-5,10,12,15H,6-9H2,1-3H3. The van der Waals surface area contributed by atoms with Crippen LogP contribution in [0.4, 0.5) is 0 Å². The summed E-state index contributed by atoms with van der Waals surface area (Å²) < 4.78 is 5.57. The molecule has 18 heavy (non-hydrogen) atoms. The highest BCUT2D eigenvalue weighted by Gasteiger charge is 2.29. The first-order valence-electron chi connectivity index (χ1n) is 6.64. The van der Waals surface area contributed by atoms with E-state index in [1.165, 1.54) is 0 Å². The number of hydrogen-bond donors (Lipinski definition) is 1. The highest BCUT2D eigenvalue weighted by atomic mass is 16.3. The Balaban J connectivity index is 2.05. The van der Waals surface area contributed by atoms with Crippen LogP contribution in [0.3, 0.4) is 0 Å². The van der Waals surface area contributed by atoms with Gasteiger partial charge in [-0.25, -0.2) is 0 Å².